The molecule has 0 aromatic heterocycles. The van der Waals surface area contributed by atoms with E-state index in [0.717, 1.165) is 0 Å². The first-order chi connectivity index (χ1) is 13.2. The Morgan fingerprint density at radius 3 is 1.12 bits per heavy atom. The number of rotatable bonds is 12. The Balaban J connectivity index is -0.000000110. The molecule has 0 unspecified atom stereocenters. The molecule has 0 bridgehead atoms. The van der Waals surface area contributed by atoms with Crippen molar-refractivity contribution < 1.29 is 132 Å². The summed E-state index contributed by atoms with van der Waals surface area (Å²) in [6.07, 6.45) is -2.32. The van der Waals surface area contributed by atoms with Crippen molar-refractivity contribution >= 4 is 40.7 Å². The van der Waals surface area contributed by atoms with Gasteiger partial charge in [0.05, 0.1) is 24.8 Å². The van der Waals surface area contributed by atoms with Crippen LogP contribution in [0.1, 0.15) is 0 Å². The van der Waals surface area contributed by atoms with Crippen molar-refractivity contribution in [2.45, 2.75) is 0 Å². The van der Waals surface area contributed by atoms with Gasteiger partial charge in [0.25, 0.3) is 0 Å². The predicted octanol–water partition coefficient (Wildman–Crippen LogP) is -14.8. The normalized spacial score (nSPS) is 10.7. The third-order valence-corrected chi connectivity index (χ3v) is 3.60. The van der Waals surface area contributed by atoms with E-state index in [9.17, 15) is 57.9 Å². The number of hydrogen-bond acceptors (Lipinski definition) is 15. The average Bonchev–Trinajstić information content (AvgIpc) is 2.42. The van der Waals surface area contributed by atoms with Gasteiger partial charge in [0, 0.05) is 25.7 Å². The number of carbonyl (C=O) groups is 3. The van der Waals surface area contributed by atoms with Crippen molar-refractivity contribution in [3.8, 4) is 0 Å². The quantitative estimate of drug-likeness (QED) is 0.0975. The smallest absolute Gasteiger partial charge is 0.810 e. The van der Waals surface area contributed by atoms with E-state index in [4.69, 9.17) is 14.9 Å². The molecule has 0 amide bonds. The van der Waals surface area contributed by atoms with E-state index in [1.165, 1.54) is 0 Å². The van der Waals surface area contributed by atoms with Crippen LogP contribution in [-0.4, -0.2) is 71.3 Å². The van der Waals surface area contributed by atoms with Crippen LogP contribution in [0.2, 0.25) is 0 Å². The maximum atomic E-state index is 10.1. The van der Waals surface area contributed by atoms with Gasteiger partial charge < -0.3 is 74.0 Å². The molecule has 0 fully saturated rings. The summed E-state index contributed by atoms with van der Waals surface area (Å²) in [5, 5.41) is 33.0. The van der Waals surface area contributed by atoms with Gasteiger partial charge in [-0.25, -0.2) is 0 Å². The molecule has 18 nitrogen and oxygen atoms in total. The molecular weight excluding hydrogens is 529 g/mol. The molecule has 0 rings (SSSR count). The summed E-state index contributed by atoms with van der Waals surface area (Å²) < 4.78 is 29.7. The fourth-order valence-electron chi connectivity index (χ4n) is 0.898. The molecule has 0 aromatic rings. The molecule has 23 heteroatoms. The standard InChI is InChI=1S/3C3H8NO5P.2Na/c3*5-3(6)1-4-2-10(7,8)9;;/h3*4H,1-2H2,(H,5,6)(H2,7,8,9);;/q;;;2*+1/p-6. The number of carbonyl (C=O) groups excluding carboxylic acids is 2. The number of hydrogen-bond donors (Lipinski definition) is 6. The fourth-order valence-corrected chi connectivity index (χ4v) is 2.07. The monoisotopic (exact) mass is 547 g/mol. The van der Waals surface area contributed by atoms with Gasteiger partial charge in [-0.1, -0.05) is 15.2 Å². The van der Waals surface area contributed by atoms with Crippen LogP contribution >= 0.6 is 22.8 Å². The molecule has 0 heterocycles. The first-order valence-electron chi connectivity index (χ1n) is 7.05. The Labute approximate surface area is 225 Å². The van der Waals surface area contributed by atoms with Crippen LogP contribution in [0.3, 0.4) is 0 Å². The topological polar surface area (TPSA) is 338 Å². The van der Waals surface area contributed by atoms with Gasteiger partial charge >= 0.3 is 72.7 Å². The predicted molar refractivity (Wildman–Crippen MR) is 83.5 cm³/mol. The minimum Gasteiger partial charge on any atom is -0.810 e. The second kappa shape index (κ2) is 22.2. The van der Waals surface area contributed by atoms with E-state index >= 15 is 0 Å². The Morgan fingerprint density at radius 1 is 0.656 bits per heavy atom. The van der Waals surface area contributed by atoms with Crippen LogP contribution in [0.25, 0.3) is 0 Å². The zero-order valence-corrected chi connectivity index (χ0v) is 23.5. The minimum atomic E-state index is -4.62. The molecule has 0 aromatic carbocycles. The van der Waals surface area contributed by atoms with E-state index in [1.807, 2.05) is 10.6 Å². The zero-order valence-electron chi connectivity index (χ0n) is 16.8. The first-order valence-corrected chi connectivity index (χ1v) is 12.3. The summed E-state index contributed by atoms with van der Waals surface area (Å²) in [5.41, 5.74) is 0. The molecule has 0 saturated carbocycles. The van der Waals surface area contributed by atoms with Crippen LogP contribution in [0.15, 0.2) is 0 Å². The van der Waals surface area contributed by atoms with Crippen molar-refractivity contribution in [1.82, 2.24) is 16.0 Å². The van der Waals surface area contributed by atoms with Gasteiger partial charge in [-0.2, -0.15) is 0 Å². The summed E-state index contributed by atoms with van der Waals surface area (Å²) in [6, 6.07) is 0. The van der Waals surface area contributed by atoms with Crippen LogP contribution in [0.5, 0.6) is 0 Å². The van der Waals surface area contributed by atoms with Crippen LogP contribution in [-0.2, 0) is 28.1 Å². The van der Waals surface area contributed by atoms with Gasteiger partial charge in [-0.3, -0.25) is 14.7 Å². The molecule has 0 radical (unpaired) electrons. The molecule has 0 aliphatic carbocycles. The Bertz CT molecular complexity index is 588. The summed E-state index contributed by atoms with van der Waals surface area (Å²) in [5.74, 6) is -4.05. The third kappa shape index (κ3) is 57.5. The van der Waals surface area contributed by atoms with E-state index < -0.39 is 79.2 Å². The van der Waals surface area contributed by atoms with Gasteiger partial charge in [0.1, 0.15) is 0 Å². The Morgan fingerprint density at radius 2 is 0.938 bits per heavy atom. The largest absolute Gasteiger partial charge is 1.00 e. The van der Waals surface area contributed by atoms with Crippen molar-refractivity contribution in [3.05, 3.63) is 0 Å². The fraction of sp³-hybridized carbons (Fsp3) is 0.667. The van der Waals surface area contributed by atoms with Gasteiger partial charge in [-0.15, -0.1) is 0 Å². The van der Waals surface area contributed by atoms with Crippen LogP contribution in [0.4, 0.5) is 0 Å². The summed E-state index contributed by atoms with van der Waals surface area (Å²) in [4.78, 5) is 84.6. The minimum absolute atomic E-state index is 0. The average molecular weight is 547 g/mol. The number of aliphatic carboxylic acids is 3. The molecule has 6 N–H and O–H groups in total. The maximum Gasteiger partial charge on any atom is 1.00 e. The van der Waals surface area contributed by atoms with Crippen LogP contribution in [0, 0.1) is 0 Å². The van der Waals surface area contributed by atoms with E-state index in [2.05, 4.69) is 5.32 Å². The molecular formula is C9H18N3Na2O15P3-4. The van der Waals surface area contributed by atoms with E-state index in [-0.39, 0.29) is 59.1 Å². The zero-order chi connectivity index (χ0) is 24.6. The number of carboxylic acids is 3. The summed E-state index contributed by atoms with van der Waals surface area (Å²) in [6.45, 7) is -1.70. The Kier molecular flexibility index (Phi) is 29.8. The molecule has 32 heavy (non-hydrogen) atoms. The molecule has 0 atom stereocenters. The van der Waals surface area contributed by atoms with Gasteiger partial charge in [0.15, 0.2) is 0 Å². The second-order valence-corrected chi connectivity index (χ2v) is 9.50. The van der Waals surface area contributed by atoms with Gasteiger partial charge in [0.2, 0.25) is 0 Å². The first kappa shape index (κ1) is 42.9. The second-order valence-electron chi connectivity index (χ2n) is 4.78. The SMILES string of the molecule is O=C(O)CNCP(=O)(O)O.O=C([O-])CNCP(=O)([O-])[O-].O=C([O-])CNCP(=O)([O-])[O-].[Na+].[Na+]. The van der Waals surface area contributed by atoms with E-state index in [0.29, 0.717) is 0 Å². The molecule has 180 valence electrons. The number of carboxylic acid groups (broad SMARTS) is 3. The van der Waals surface area contributed by atoms with Crippen LogP contribution < -0.4 is 105 Å². The van der Waals surface area contributed by atoms with Crippen molar-refractivity contribution in [2.24, 2.45) is 0 Å². The molecule has 0 saturated heterocycles. The molecule has 0 aliphatic rings. The van der Waals surface area contributed by atoms with E-state index in [1.54, 1.807) is 0 Å². The van der Waals surface area contributed by atoms with Crippen molar-refractivity contribution in [1.29, 1.82) is 0 Å². The summed E-state index contributed by atoms with van der Waals surface area (Å²) in [7, 11) is -13.3. The maximum absolute atomic E-state index is 10.1. The molecule has 0 aliphatic heterocycles. The number of nitrogens with one attached hydrogen (secondary N) is 3. The van der Waals surface area contributed by atoms with Crippen molar-refractivity contribution in [3.63, 3.8) is 0 Å². The molecule has 0 spiro atoms. The van der Waals surface area contributed by atoms with Gasteiger partial charge in [-0.05, 0) is 0 Å². The summed E-state index contributed by atoms with van der Waals surface area (Å²) >= 11 is 0. The third-order valence-electron chi connectivity index (χ3n) is 1.74. The van der Waals surface area contributed by atoms with Crippen molar-refractivity contribution in [2.75, 3.05) is 38.5 Å². The Hall–Kier alpha value is 0.740.